The molecule has 0 aliphatic carbocycles. The molecule has 7 nitrogen and oxygen atoms in total. The van der Waals surface area contributed by atoms with E-state index in [4.69, 9.17) is 23.7 Å². The molecule has 3 aliphatic heterocycles. The first kappa shape index (κ1) is 18.1. The number of carbonyl (C=O) groups is 1. The summed E-state index contributed by atoms with van der Waals surface area (Å²) in [5.41, 5.74) is -2.54. The Kier molecular flexibility index (Phi) is 4.05. The van der Waals surface area contributed by atoms with Crippen LogP contribution in [0.4, 0.5) is 0 Å². The fraction of sp³-hybridized carbons (Fsp3) is 0.941. The van der Waals surface area contributed by atoms with E-state index in [1.165, 1.54) is 0 Å². The smallest absolute Gasteiger partial charge is 0.340 e. The van der Waals surface area contributed by atoms with Crippen molar-refractivity contribution in [1.29, 1.82) is 0 Å². The molecule has 3 fully saturated rings. The molecule has 24 heavy (non-hydrogen) atoms. The van der Waals surface area contributed by atoms with Crippen LogP contribution in [0.5, 0.6) is 0 Å². The van der Waals surface area contributed by atoms with Crippen LogP contribution in [-0.2, 0) is 28.5 Å². The summed E-state index contributed by atoms with van der Waals surface area (Å²) in [7, 11) is 0. The van der Waals surface area contributed by atoms with Gasteiger partial charge in [0.15, 0.2) is 23.3 Å². The lowest BCUT2D eigenvalue weighted by Gasteiger charge is -2.41. The van der Waals surface area contributed by atoms with E-state index >= 15 is 0 Å². The van der Waals surface area contributed by atoms with E-state index in [1.54, 1.807) is 27.7 Å². The van der Waals surface area contributed by atoms with Crippen LogP contribution in [0.25, 0.3) is 0 Å². The zero-order chi connectivity index (χ0) is 18.0. The van der Waals surface area contributed by atoms with E-state index in [0.717, 1.165) is 0 Å². The highest BCUT2D eigenvalue weighted by Crippen LogP contribution is 2.51. The van der Waals surface area contributed by atoms with Gasteiger partial charge < -0.3 is 28.8 Å². The van der Waals surface area contributed by atoms with E-state index in [1.807, 2.05) is 13.8 Å². The average molecular weight is 344 g/mol. The van der Waals surface area contributed by atoms with E-state index in [2.05, 4.69) is 0 Å². The molecule has 3 rings (SSSR count). The largest absolute Gasteiger partial charge is 0.430 e. The Balaban J connectivity index is 2.00. The molecule has 0 unspecified atom stereocenters. The fourth-order valence-corrected chi connectivity index (χ4v) is 3.86. The first-order chi connectivity index (χ1) is 11.0. The van der Waals surface area contributed by atoms with E-state index < -0.39 is 47.2 Å². The molecule has 138 valence electrons. The maximum atomic E-state index is 12.6. The molecule has 3 saturated heterocycles. The number of aliphatic hydroxyl groups is 1. The SMILES string of the molecule is CCC1(CC)O[C@@H]2C[C@@]3(C(C)(C)O)OC(C)(C)O[C@H]3OC(=O)[C@@H]2O1. The van der Waals surface area contributed by atoms with Crippen LogP contribution >= 0.6 is 0 Å². The number of ether oxygens (including phenoxy) is 5. The Hall–Kier alpha value is -0.730. The zero-order valence-electron chi connectivity index (χ0n) is 15.3. The molecule has 3 aliphatic rings. The Morgan fingerprint density at radius 1 is 1.17 bits per heavy atom. The number of fused-ring (bicyclic) bond motifs is 2. The van der Waals surface area contributed by atoms with Gasteiger partial charge in [-0.2, -0.15) is 0 Å². The highest BCUT2D eigenvalue weighted by molar-refractivity contribution is 5.76. The topological polar surface area (TPSA) is 83.5 Å². The maximum absolute atomic E-state index is 12.6. The number of esters is 1. The molecule has 7 heteroatoms. The first-order valence-corrected chi connectivity index (χ1v) is 8.64. The van der Waals surface area contributed by atoms with Crippen LogP contribution in [0, 0.1) is 0 Å². The monoisotopic (exact) mass is 344 g/mol. The van der Waals surface area contributed by atoms with Crippen LogP contribution in [0.3, 0.4) is 0 Å². The fourth-order valence-electron chi connectivity index (χ4n) is 3.86. The Labute approximate surface area is 142 Å². The van der Waals surface area contributed by atoms with Crippen LogP contribution in [0.1, 0.15) is 60.8 Å². The normalized spacial score (nSPS) is 40.6. The molecule has 1 N–H and O–H groups in total. The minimum Gasteiger partial charge on any atom is -0.430 e. The molecular weight excluding hydrogens is 316 g/mol. The van der Waals surface area contributed by atoms with Crippen molar-refractivity contribution in [3.05, 3.63) is 0 Å². The lowest BCUT2D eigenvalue weighted by molar-refractivity contribution is -0.235. The van der Waals surface area contributed by atoms with Gasteiger partial charge in [0, 0.05) is 6.42 Å². The predicted octanol–water partition coefficient (Wildman–Crippen LogP) is 1.85. The average Bonchev–Trinajstić information content (AvgIpc) is 2.92. The van der Waals surface area contributed by atoms with Crippen LogP contribution in [-0.4, -0.2) is 52.4 Å². The van der Waals surface area contributed by atoms with Crippen molar-refractivity contribution < 1.29 is 33.6 Å². The molecule has 3 heterocycles. The summed E-state index contributed by atoms with van der Waals surface area (Å²) in [5, 5.41) is 10.8. The standard InChI is InChI=1S/C17H28O7/c1-7-16(8-2)21-10-9-17(14(3,4)19)13(23-15(5,6)24-17)20-12(18)11(10)22-16/h10-11,13,19H,7-9H2,1-6H3/t10-,11-,13-,17-/m1/s1. The lowest BCUT2D eigenvalue weighted by atomic mass is 9.80. The number of hydrogen-bond donors (Lipinski definition) is 1. The molecule has 0 amide bonds. The predicted molar refractivity (Wildman–Crippen MR) is 82.8 cm³/mol. The van der Waals surface area contributed by atoms with Gasteiger partial charge in [-0.05, 0) is 40.5 Å². The Morgan fingerprint density at radius 2 is 1.79 bits per heavy atom. The highest BCUT2D eigenvalue weighted by atomic mass is 16.9. The maximum Gasteiger partial charge on any atom is 0.340 e. The minimum atomic E-state index is -1.31. The van der Waals surface area contributed by atoms with Gasteiger partial charge in [0.1, 0.15) is 6.10 Å². The molecule has 4 atom stereocenters. The van der Waals surface area contributed by atoms with Crippen LogP contribution in [0.15, 0.2) is 0 Å². The van der Waals surface area contributed by atoms with Gasteiger partial charge >= 0.3 is 5.97 Å². The van der Waals surface area contributed by atoms with Gasteiger partial charge in [0.05, 0.1) is 5.60 Å². The summed E-state index contributed by atoms with van der Waals surface area (Å²) < 4.78 is 29.5. The summed E-state index contributed by atoms with van der Waals surface area (Å²) in [4.78, 5) is 12.6. The number of carbonyl (C=O) groups excluding carboxylic acids is 1. The van der Waals surface area contributed by atoms with Gasteiger partial charge in [-0.1, -0.05) is 13.8 Å². The van der Waals surface area contributed by atoms with Crippen molar-refractivity contribution in [3.63, 3.8) is 0 Å². The Morgan fingerprint density at radius 3 is 2.33 bits per heavy atom. The van der Waals surface area contributed by atoms with Crippen molar-refractivity contribution in [2.24, 2.45) is 0 Å². The second kappa shape index (κ2) is 5.38. The second-order valence-corrected chi connectivity index (χ2v) is 7.85. The second-order valence-electron chi connectivity index (χ2n) is 7.85. The van der Waals surface area contributed by atoms with Crippen molar-refractivity contribution in [1.82, 2.24) is 0 Å². The third-order valence-electron chi connectivity index (χ3n) is 5.32. The quantitative estimate of drug-likeness (QED) is 0.782. The summed E-state index contributed by atoms with van der Waals surface area (Å²) >= 11 is 0. The van der Waals surface area contributed by atoms with Gasteiger partial charge in [0.25, 0.3) is 0 Å². The molecule has 0 saturated carbocycles. The van der Waals surface area contributed by atoms with E-state index in [9.17, 15) is 9.90 Å². The van der Waals surface area contributed by atoms with Gasteiger partial charge in [-0.15, -0.1) is 0 Å². The zero-order valence-corrected chi connectivity index (χ0v) is 15.3. The Bertz CT molecular complexity index is 520. The third-order valence-corrected chi connectivity index (χ3v) is 5.32. The molecular formula is C17H28O7. The molecule has 0 spiro atoms. The van der Waals surface area contributed by atoms with E-state index in [-0.39, 0.29) is 6.42 Å². The molecule has 0 aromatic heterocycles. The summed E-state index contributed by atoms with van der Waals surface area (Å²) in [5.74, 6) is -2.33. The van der Waals surface area contributed by atoms with Gasteiger partial charge in [-0.25, -0.2) is 4.79 Å². The molecule has 0 aromatic carbocycles. The minimum absolute atomic E-state index is 0.239. The first-order valence-electron chi connectivity index (χ1n) is 8.64. The van der Waals surface area contributed by atoms with Gasteiger partial charge in [0.2, 0.25) is 6.29 Å². The molecule has 0 bridgehead atoms. The molecule has 0 radical (unpaired) electrons. The summed E-state index contributed by atoms with van der Waals surface area (Å²) in [6, 6.07) is 0. The lowest BCUT2D eigenvalue weighted by Crippen LogP contribution is -2.58. The third kappa shape index (κ3) is 2.57. The van der Waals surface area contributed by atoms with Gasteiger partial charge in [-0.3, -0.25) is 0 Å². The van der Waals surface area contributed by atoms with Crippen molar-refractivity contribution in [3.8, 4) is 0 Å². The molecule has 0 aromatic rings. The van der Waals surface area contributed by atoms with Crippen molar-refractivity contribution in [2.75, 3.05) is 0 Å². The number of hydrogen-bond acceptors (Lipinski definition) is 7. The van der Waals surface area contributed by atoms with Crippen molar-refractivity contribution in [2.45, 2.75) is 102 Å². The van der Waals surface area contributed by atoms with E-state index in [0.29, 0.717) is 12.8 Å². The van der Waals surface area contributed by atoms with Crippen LogP contribution < -0.4 is 0 Å². The number of rotatable bonds is 3. The summed E-state index contributed by atoms with van der Waals surface area (Å²) in [6.07, 6.45) is -0.952. The van der Waals surface area contributed by atoms with Crippen molar-refractivity contribution >= 4 is 5.97 Å². The summed E-state index contributed by atoms with van der Waals surface area (Å²) in [6.45, 7) is 10.6. The van der Waals surface area contributed by atoms with Crippen LogP contribution in [0.2, 0.25) is 0 Å². The highest BCUT2D eigenvalue weighted by Gasteiger charge is 2.68.